The molecule has 0 saturated heterocycles. The largest absolute Gasteiger partial charge is 0.477 e. The van der Waals surface area contributed by atoms with E-state index >= 15 is 0 Å². The van der Waals surface area contributed by atoms with E-state index in [1.54, 1.807) is 0 Å². The fourth-order valence-electron chi connectivity index (χ4n) is 1.61. The Morgan fingerprint density at radius 3 is 2.57 bits per heavy atom. The van der Waals surface area contributed by atoms with Gasteiger partial charge in [0.25, 0.3) is 10.0 Å². The lowest BCUT2D eigenvalue weighted by atomic mass is 10.3. The average molecular weight is 333 g/mol. The van der Waals surface area contributed by atoms with Gasteiger partial charge in [-0.05, 0) is 30.0 Å². The molecule has 9 heteroatoms. The highest BCUT2D eigenvalue weighted by Gasteiger charge is 2.24. The summed E-state index contributed by atoms with van der Waals surface area (Å²) in [5.74, 6) is -3.47. The molecule has 0 bridgehead atoms. The molecular formula is C12H9F2NO4S2. The lowest BCUT2D eigenvalue weighted by molar-refractivity contribution is 0.0703. The van der Waals surface area contributed by atoms with Crippen LogP contribution in [0, 0.1) is 18.6 Å². The molecule has 2 N–H and O–H groups in total. The first-order valence-corrected chi connectivity index (χ1v) is 7.88. The van der Waals surface area contributed by atoms with Gasteiger partial charge in [0.1, 0.15) is 21.4 Å². The van der Waals surface area contributed by atoms with Crippen molar-refractivity contribution in [2.45, 2.75) is 11.8 Å². The summed E-state index contributed by atoms with van der Waals surface area (Å²) in [4.78, 5) is 10.1. The number of sulfonamides is 1. The number of halogens is 2. The molecule has 1 aromatic carbocycles. The number of hydrogen-bond donors (Lipinski definition) is 2. The number of carboxylic acid groups (broad SMARTS) is 1. The SMILES string of the molecule is Cc1csc(C(=O)O)c1NS(=O)(=O)c1ccc(F)cc1F. The highest BCUT2D eigenvalue weighted by atomic mass is 32.2. The number of aryl methyl sites for hydroxylation is 1. The second-order valence-corrected chi connectivity index (χ2v) is 6.64. The highest BCUT2D eigenvalue weighted by Crippen LogP contribution is 2.30. The predicted octanol–water partition coefficient (Wildman–Crippen LogP) is 2.83. The fourth-order valence-corrected chi connectivity index (χ4v) is 3.72. The minimum absolute atomic E-state index is 0.128. The number of hydrogen-bond acceptors (Lipinski definition) is 4. The molecule has 2 rings (SSSR count). The second kappa shape index (κ2) is 5.41. The Hall–Kier alpha value is -2.00. The van der Waals surface area contributed by atoms with Gasteiger partial charge >= 0.3 is 5.97 Å². The first kappa shape index (κ1) is 15.4. The number of carboxylic acids is 1. The average Bonchev–Trinajstić information content (AvgIpc) is 2.70. The lowest BCUT2D eigenvalue weighted by Crippen LogP contribution is -2.16. The number of rotatable bonds is 4. The summed E-state index contributed by atoms with van der Waals surface area (Å²) in [6.07, 6.45) is 0. The fraction of sp³-hybridized carbons (Fsp3) is 0.0833. The Balaban J connectivity index is 2.47. The zero-order valence-electron chi connectivity index (χ0n) is 10.6. The third-order valence-corrected chi connectivity index (χ3v) is 5.06. The van der Waals surface area contributed by atoms with Gasteiger partial charge in [0, 0.05) is 6.07 Å². The Kier molecular flexibility index (Phi) is 3.97. The monoisotopic (exact) mass is 333 g/mol. The molecule has 5 nitrogen and oxygen atoms in total. The molecule has 1 aromatic heterocycles. The van der Waals surface area contributed by atoms with Crippen LogP contribution < -0.4 is 4.72 Å². The standard InChI is InChI=1S/C12H9F2NO4S2/c1-6-5-20-11(12(16)17)10(6)15-21(18,19)9-3-2-7(13)4-8(9)14/h2-5,15H,1H3,(H,16,17). The van der Waals surface area contributed by atoms with Crippen molar-refractivity contribution in [2.75, 3.05) is 4.72 Å². The van der Waals surface area contributed by atoms with E-state index in [2.05, 4.69) is 0 Å². The normalized spacial score (nSPS) is 11.4. The number of nitrogens with one attached hydrogen (secondary N) is 1. The van der Waals surface area contributed by atoms with Gasteiger partial charge in [0.15, 0.2) is 0 Å². The number of thiophene rings is 1. The first-order chi connectivity index (χ1) is 9.72. The van der Waals surface area contributed by atoms with E-state index in [9.17, 15) is 22.0 Å². The van der Waals surface area contributed by atoms with Crippen molar-refractivity contribution in [3.05, 3.63) is 45.7 Å². The Bertz CT molecular complexity index is 815. The van der Waals surface area contributed by atoms with E-state index in [-0.39, 0.29) is 10.6 Å². The molecule has 0 unspecified atom stereocenters. The molecule has 0 aliphatic carbocycles. The smallest absolute Gasteiger partial charge is 0.348 e. The maximum Gasteiger partial charge on any atom is 0.348 e. The number of carbonyl (C=O) groups is 1. The van der Waals surface area contributed by atoms with Gasteiger partial charge in [-0.15, -0.1) is 11.3 Å². The maximum absolute atomic E-state index is 13.6. The third-order valence-electron chi connectivity index (χ3n) is 2.59. The summed E-state index contributed by atoms with van der Waals surface area (Å²) in [5.41, 5.74) is 0.264. The molecular weight excluding hydrogens is 324 g/mol. The molecule has 112 valence electrons. The third kappa shape index (κ3) is 3.03. The molecule has 0 fully saturated rings. The maximum atomic E-state index is 13.6. The number of anilines is 1. The summed E-state index contributed by atoms with van der Waals surface area (Å²) in [6, 6.07) is 2.01. The van der Waals surface area contributed by atoms with Gasteiger partial charge in [-0.25, -0.2) is 22.0 Å². The Labute approximate surface area is 122 Å². The van der Waals surface area contributed by atoms with Crippen LogP contribution in [-0.2, 0) is 10.0 Å². The van der Waals surface area contributed by atoms with Crippen LogP contribution in [0.1, 0.15) is 15.2 Å². The van der Waals surface area contributed by atoms with E-state index < -0.39 is 32.5 Å². The van der Waals surface area contributed by atoms with Gasteiger partial charge in [0.2, 0.25) is 0 Å². The highest BCUT2D eigenvalue weighted by molar-refractivity contribution is 7.92. The van der Waals surface area contributed by atoms with Crippen LogP contribution in [0.4, 0.5) is 14.5 Å². The van der Waals surface area contributed by atoms with Gasteiger partial charge in [-0.3, -0.25) is 4.72 Å². The van der Waals surface area contributed by atoms with E-state index in [1.165, 1.54) is 12.3 Å². The second-order valence-electron chi connectivity index (χ2n) is 4.11. The predicted molar refractivity (Wildman–Crippen MR) is 73.2 cm³/mol. The van der Waals surface area contributed by atoms with E-state index in [0.717, 1.165) is 23.5 Å². The molecule has 21 heavy (non-hydrogen) atoms. The van der Waals surface area contributed by atoms with Gasteiger partial charge in [0.05, 0.1) is 5.69 Å². The van der Waals surface area contributed by atoms with Gasteiger partial charge in [-0.1, -0.05) is 0 Å². The molecule has 0 saturated carbocycles. The van der Waals surface area contributed by atoms with E-state index in [1.807, 2.05) is 4.72 Å². The van der Waals surface area contributed by atoms with Crippen LogP contribution in [0.15, 0.2) is 28.5 Å². The van der Waals surface area contributed by atoms with Crippen LogP contribution in [0.2, 0.25) is 0 Å². The van der Waals surface area contributed by atoms with Crippen LogP contribution >= 0.6 is 11.3 Å². The van der Waals surface area contributed by atoms with Crippen LogP contribution in [-0.4, -0.2) is 19.5 Å². The zero-order valence-corrected chi connectivity index (χ0v) is 12.2. The summed E-state index contributed by atoms with van der Waals surface area (Å²) in [5, 5.41) is 10.4. The molecule has 0 atom stereocenters. The Morgan fingerprint density at radius 2 is 2.00 bits per heavy atom. The van der Waals surface area contributed by atoms with Crippen molar-refractivity contribution in [1.82, 2.24) is 0 Å². The summed E-state index contributed by atoms with van der Waals surface area (Å²) >= 11 is 0.847. The van der Waals surface area contributed by atoms with Gasteiger partial charge < -0.3 is 5.11 Å². The van der Waals surface area contributed by atoms with Crippen molar-refractivity contribution in [3.8, 4) is 0 Å². The number of benzene rings is 1. The molecule has 2 aromatic rings. The van der Waals surface area contributed by atoms with Crippen molar-refractivity contribution < 1.29 is 27.1 Å². The summed E-state index contributed by atoms with van der Waals surface area (Å²) < 4.78 is 52.6. The van der Waals surface area contributed by atoms with Crippen LogP contribution in [0.25, 0.3) is 0 Å². The summed E-state index contributed by atoms with van der Waals surface area (Å²) in [7, 11) is -4.36. The number of aromatic carboxylic acids is 1. The molecule has 0 spiro atoms. The minimum atomic E-state index is -4.36. The van der Waals surface area contributed by atoms with E-state index in [4.69, 9.17) is 5.11 Å². The first-order valence-electron chi connectivity index (χ1n) is 5.51. The molecule has 0 amide bonds. The minimum Gasteiger partial charge on any atom is -0.477 e. The van der Waals surface area contributed by atoms with Gasteiger partial charge in [-0.2, -0.15) is 0 Å². The molecule has 1 heterocycles. The molecule has 0 aliphatic heterocycles. The Morgan fingerprint density at radius 1 is 1.33 bits per heavy atom. The van der Waals surface area contributed by atoms with Crippen molar-refractivity contribution in [1.29, 1.82) is 0 Å². The van der Waals surface area contributed by atoms with Crippen molar-refractivity contribution >= 4 is 33.0 Å². The lowest BCUT2D eigenvalue weighted by Gasteiger charge is -2.09. The summed E-state index contributed by atoms with van der Waals surface area (Å²) in [6.45, 7) is 1.52. The molecule has 0 radical (unpaired) electrons. The van der Waals surface area contributed by atoms with Crippen LogP contribution in [0.3, 0.4) is 0 Å². The van der Waals surface area contributed by atoms with Crippen molar-refractivity contribution in [2.24, 2.45) is 0 Å². The topological polar surface area (TPSA) is 83.5 Å². The molecule has 0 aliphatic rings. The zero-order chi connectivity index (χ0) is 15.8. The quantitative estimate of drug-likeness (QED) is 0.901. The van der Waals surface area contributed by atoms with E-state index in [0.29, 0.717) is 11.6 Å². The van der Waals surface area contributed by atoms with Crippen LogP contribution in [0.5, 0.6) is 0 Å². The van der Waals surface area contributed by atoms with Crippen molar-refractivity contribution in [3.63, 3.8) is 0 Å².